The first-order valence-electron chi connectivity index (χ1n) is 7.85. The average Bonchev–Trinajstić information content (AvgIpc) is 3.01. The maximum Gasteiger partial charge on any atom is 0.222 e. The van der Waals surface area contributed by atoms with Crippen LogP contribution in [0.1, 0.15) is 24.2 Å². The molecular formula is C17H22N4O. The Bertz CT molecular complexity index is 623. The highest BCUT2D eigenvalue weighted by molar-refractivity contribution is 5.76. The average molecular weight is 298 g/mol. The molecule has 0 spiro atoms. The monoisotopic (exact) mass is 298 g/mol. The molecule has 0 aliphatic carbocycles. The van der Waals surface area contributed by atoms with Crippen LogP contribution in [0, 0.1) is 5.92 Å². The Balaban J connectivity index is 1.47. The molecule has 1 amide bonds. The molecule has 1 aliphatic heterocycles. The molecule has 0 unspecified atom stereocenters. The number of carbonyl (C=O) groups excluding carboxylic acids is 1. The van der Waals surface area contributed by atoms with Gasteiger partial charge in [-0.25, -0.2) is 4.98 Å². The van der Waals surface area contributed by atoms with E-state index in [1.165, 1.54) is 0 Å². The maximum atomic E-state index is 12.3. The van der Waals surface area contributed by atoms with Crippen molar-refractivity contribution in [3.8, 4) is 0 Å². The number of fused-ring (bicyclic) bond motifs is 1. The van der Waals surface area contributed by atoms with Crippen molar-refractivity contribution in [1.82, 2.24) is 19.4 Å². The van der Waals surface area contributed by atoms with Crippen molar-refractivity contribution < 1.29 is 4.79 Å². The van der Waals surface area contributed by atoms with Gasteiger partial charge < -0.3 is 9.47 Å². The van der Waals surface area contributed by atoms with Crippen LogP contribution in [-0.2, 0) is 24.2 Å². The molecule has 2 aromatic rings. The van der Waals surface area contributed by atoms with Gasteiger partial charge in [0, 0.05) is 57.8 Å². The van der Waals surface area contributed by atoms with E-state index < -0.39 is 0 Å². The van der Waals surface area contributed by atoms with Gasteiger partial charge in [-0.1, -0.05) is 0 Å². The zero-order valence-electron chi connectivity index (χ0n) is 13.0. The molecule has 1 aliphatic rings. The second kappa shape index (κ2) is 6.73. The number of amides is 1. The van der Waals surface area contributed by atoms with E-state index in [0.717, 1.165) is 43.7 Å². The van der Waals surface area contributed by atoms with Crippen LogP contribution in [0.25, 0.3) is 0 Å². The van der Waals surface area contributed by atoms with Gasteiger partial charge in [-0.2, -0.15) is 0 Å². The van der Waals surface area contributed by atoms with Crippen molar-refractivity contribution in [2.75, 3.05) is 13.6 Å². The van der Waals surface area contributed by atoms with Gasteiger partial charge >= 0.3 is 0 Å². The highest BCUT2D eigenvalue weighted by Crippen LogP contribution is 2.20. The van der Waals surface area contributed by atoms with Crippen molar-refractivity contribution in [1.29, 1.82) is 0 Å². The van der Waals surface area contributed by atoms with Gasteiger partial charge in [-0.3, -0.25) is 9.78 Å². The summed E-state index contributed by atoms with van der Waals surface area (Å²) in [6.45, 7) is 1.83. The summed E-state index contributed by atoms with van der Waals surface area (Å²) < 4.78 is 2.21. The molecule has 0 bridgehead atoms. The minimum atomic E-state index is 0.214. The van der Waals surface area contributed by atoms with Crippen LogP contribution in [0.5, 0.6) is 0 Å². The Kier molecular flexibility index (Phi) is 4.51. The Morgan fingerprint density at radius 2 is 2.18 bits per heavy atom. The number of aromatic nitrogens is 3. The van der Waals surface area contributed by atoms with E-state index in [0.29, 0.717) is 12.3 Å². The highest BCUT2D eigenvalue weighted by atomic mass is 16.2. The summed E-state index contributed by atoms with van der Waals surface area (Å²) in [5.41, 5.74) is 1.16. The zero-order chi connectivity index (χ0) is 15.4. The molecule has 5 heteroatoms. The van der Waals surface area contributed by atoms with Crippen molar-refractivity contribution in [2.45, 2.75) is 32.2 Å². The Morgan fingerprint density at radius 3 is 3.00 bits per heavy atom. The first kappa shape index (κ1) is 14.8. The molecule has 3 rings (SSSR count). The SMILES string of the molecule is CN(C[C@H]1CCn2ccnc2C1)C(=O)CCc1ccncc1. The predicted molar refractivity (Wildman–Crippen MR) is 84.2 cm³/mol. The highest BCUT2D eigenvalue weighted by Gasteiger charge is 2.22. The molecular weight excluding hydrogens is 276 g/mol. The third kappa shape index (κ3) is 3.53. The quantitative estimate of drug-likeness (QED) is 0.847. The molecule has 0 N–H and O–H groups in total. The molecule has 0 saturated heterocycles. The van der Waals surface area contributed by atoms with Gasteiger partial charge in [0.25, 0.3) is 0 Å². The summed E-state index contributed by atoms with van der Waals surface area (Å²) >= 11 is 0. The van der Waals surface area contributed by atoms with E-state index in [1.54, 1.807) is 12.4 Å². The van der Waals surface area contributed by atoms with Crippen LogP contribution in [0.3, 0.4) is 0 Å². The molecule has 5 nitrogen and oxygen atoms in total. The lowest BCUT2D eigenvalue weighted by atomic mass is 9.97. The van der Waals surface area contributed by atoms with E-state index in [2.05, 4.69) is 14.5 Å². The van der Waals surface area contributed by atoms with Crippen molar-refractivity contribution in [3.63, 3.8) is 0 Å². The molecule has 116 valence electrons. The summed E-state index contributed by atoms with van der Waals surface area (Å²) in [4.78, 5) is 22.5. The van der Waals surface area contributed by atoms with Crippen molar-refractivity contribution in [3.05, 3.63) is 48.3 Å². The fourth-order valence-electron chi connectivity index (χ4n) is 3.05. The number of aryl methyl sites for hydroxylation is 2. The summed E-state index contributed by atoms with van der Waals surface area (Å²) in [6, 6.07) is 3.93. The molecule has 0 saturated carbocycles. The Labute approximate surface area is 131 Å². The number of rotatable bonds is 5. The second-order valence-electron chi connectivity index (χ2n) is 6.03. The summed E-state index contributed by atoms with van der Waals surface area (Å²) in [5, 5.41) is 0. The van der Waals surface area contributed by atoms with E-state index in [-0.39, 0.29) is 5.91 Å². The summed E-state index contributed by atoms with van der Waals surface area (Å²) in [6.07, 6.45) is 10.9. The summed E-state index contributed by atoms with van der Waals surface area (Å²) in [7, 11) is 1.91. The Morgan fingerprint density at radius 1 is 1.36 bits per heavy atom. The standard InChI is InChI=1S/C17H22N4O/c1-20(17(22)3-2-14-4-7-18-8-5-14)13-15-6-10-21-11-9-19-16(21)12-15/h4-5,7-9,11,15H,2-3,6,10,12-13H2,1H3/t15-/m0/s1. The van der Waals surface area contributed by atoms with Gasteiger partial charge in [-0.15, -0.1) is 0 Å². The molecule has 2 aromatic heterocycles. The number of hydrogen-bond acceptors (Lipinski definition) is 3. The largest absolute Gasteiger partial charge is 0.345 e. The molecule has 22 heavy (non-hydrogen) atoms. The molecule has 3 heterocycles. The maximum absolute atomic E-state index is 12.3. The second-order valence-corrected chi connectivity index (χ2v) is 6.03. The van der Waals surface area contributed by atoms with Crippen LogP contribution in [0.4, 0.5) is 0 Å². The first-order valence-corrected chi connectivity index (χ1v) is 7.85. The van der Waals surface area contributed by atoms with Crippen LogP contribution in [0.15, 0.2) is 36.9 Å². The minimum Gasteiger partial charge on any atom is -0.345 e. The van der Waals surface area contributed by atoms with Crippen molar-refractivity contribution in [2.24, 2.45) is 5.92 Å². The topological polar surface area (TPSA) is 51.0 Å². The predicted octanol–water partition coefficient (Wildman–Crippen LogP) is 1.93. The van der Waals surface area contributed by atoms with E-state index in [4.69, 9.17) is 0 Å². The number of nitrogens with zero attached hydrogens (tertiary/aromatic N) is 4. The fraction of sp³-hybridized carbons (Fsp3) is 0.471. The van der Waals surface area contributed by atoms with Gasteiger partial charge in [0.2, 0.25) is 5.91 Å². The molecule has 1 atom stereocenters. The minimum absolute atomic E-state index is 0.214. The van der Waals surface area contributed by atoms with Crippen LogP contribution in [-0.4, -0.2) is 38.9 Å². The smallest absolute Gasteiger partial charge is 0.222 e. The number of imidazole rings is 1. The molecule has 0 aromatic carbocycles. The Hall–Kier alpha value is -2.17. The molecule has 0 fully saturated rings. The number of hydrogen-bond donors (Lipinski definition) is 0. The summed E-state index contributed by atoms with van der Waals surface area (Å²) in [5.74, 6) is 1.88. The van der Waals surface area contributed by atoms with Crippen LogP contribution >= 0.6 is 0 Å². The fourth-order valence-corrected chi connectivity index (χ4v) is 3.05. The zero-order valence-corrected chi connectivity index (χ0v) is 13.0. The lowest BCUT2D eigenvalue weighted by molar-refractivity contribution is -0.130. The van der Waals surface area contributed by atoms with Crippen molar-refractivity contribution >= 4 is 5.91 Å². The van der Waals surface area contributed by atoms with Gasteiger partial charge in [0.1, 0.15) is 5.82 Å². The van der Waals surface area contributed by atoms with E-state index >= 15 is 0 Å². The number of carbonyl (C=O) groups is 1. The van der Waals surface area contributed by atoms with E-state index in [9.17, 15) is 4.79 Å². The lowest BCUT2D eigenvalue weighted by Crippen LogP contribution is -2.35. The van der Waals surface area contributed by atoms with Crippen LogP contribution < -0.4 is 0 Å². The van der Waals surface area contributed by atoms with Gasteiger partial charge in [-0.05, 0) is 36.5 Å². The lowest BCUT2D eigenvalue weighted by Gasteiger charge is -2.28. The van der Waals surface area contributed by atoms with Crippen LogP contribution in [0.2, 0.25) is 0 Å². The normalized spacial score (nSPS) is 17.0. The first-order chi connectivity index (χ1) is 10.7. The van der Waals surface area contributed by atoms with E-state index in [1.807, 2.05) is 36.5 Å². The third-order valence-electron chi connectivity index (χ3n) is 4.39. The van der Waals surface area contributed by atoms with Gasteiger partial charge in [0.15, 0.2) is 0 Å². The van der Waals surface area contributed by atoms with Gasteiger partial charge in [0.05, 0.1) is 0 Å². The third-order valence-corrected chi connectivity index (χ3v) is 4.39. The molecule has 0 radical (unpaired) electrons. The number of pyridine rings is 1.